The first kappa shape index (κ1) is 15.9. The number of hydrogen-bond donors (Lipinski definition) is 2. The molecule has 0 aromatic carbocycles. The molecule has 0 bridgehead atoms. The van der Waals surface area contributed by atoms with E-state index in [1.807, 2.05) is 17.5 Å². The van der Waals surface area contributed by atoms with Crippen LogP contribution in [0.1, 0.15) is 34.3 Å². The van der Waals surface area contributed by atoms with Gasteiger partial charge in [0.2, 0.25) is 0 Å². The summed E-state index contributed by atoms with van der Waals surface area (Å²) in [7, 11) is 0. The van der Waals surface area contributed by atoms with Crippen molar-refractivity contribution in [3.8, 4) is 5.69 Å². The number of carbonyl (C=O) groups is 1. The summed E-state index contributed by atoms with van der Waals surface area (Å²) in [5.41, 5.74) is 1.34. The third kappa shape index (κ3) is 3.59. The van der Waals surface area contributed by atoms with Gasteiger partial charge in [-0.25, -0.2) is 9.67 Å². The molecule has 2 N–H and O–H groups in total. The van der Waals surface area contributed by atoms with Gasteiger partial charge >= 0.3 is 0 Å². The highest BCUT2D eigenvalue weighted by atomic mass is 32.1. The van der Waals surface area contributed by atoms with Crippen LogP contribution >= 0.6 is 11.3 Å². The van der Waals surface area contributed by atoms with Gasteiger partial charge in [-0.1, -0.05) is 0 Å². The number of nitrogens with zero attached hydrogens (tertiary/aromatic N) is 4. The van der Waals surface area contributed by atoms with Crippen molar-refractivity contribution in [2.45, 2.75) is 18.8 Å². The summed E-state index contributed by atoms with van der Waals surface area (Å²) < 4.78 is 1.69. The van der Waals surface area contributed by atoms with E-state index in [1.165, 1.54) is 0 Å². The molecule has 1 aliphatic heterocycles. The topological polar surface area (TPSA) is 84.7 Å². The number of carbonyl (C=O) groups excluding carboxylic acids is 1. The number of pyridine rings is 1. The van der Waals surface area contributed by atoms with Crippen LogP contribution in [0.4, 0.5) is 5.82 Å². The molecule has 1 aliphatic rings. The Morgan fingerprint density at radius 1 is 1.24 bits per heavy atom. The van der Waals surface area contributed by atoms with Crippen LogP contribution in [-0.4, -0.2) is 38.7 Å². The van der Waals surface area contributed by atoms with Crippen molar-refractivity contribution in [2.24, 2.45) is 0 Å². The van der Waals surface area contributed by atoms with Crippen LogP contribution in [0.3, 0.4) is 0 Å². The van der Waals surface area contributed by atoms with Gasteiger partial charge in [0.15, 0.2) is 5.82 Å². The number of thiazole rings is 1. The highest BCUT2D eigenvalue weighted by Gasteiger charge is 2.20. The molecule has 25 heavy (non-hydrogen) atoms. The van der Waals surface area contributed by atoms with Crippen LogP contribution in [0.25, 0.3) is 5.69 Å². The summed E-state index contributed by atoms with van der Waals surface area (Å²) in [6.45, 7) is 2.02. The van der Waals surface area contributed by atoms with Crippen LogP contribution in [0.5, 0.6) is 0 Å². The molecule has 0 spiro atoms. The fourth-order valence-corrected chi connectivity index (χ4v) is 3.83. The van der Waals surface area contributed by atoms with Crippen LogP contribution < -0.4 is 10.6 Å². The van der Waals surface area contributed by atoms with Crippen molar-refractivity contribution in [3.05, 3.63) is 52.9 Å². The SMILES string of the molecule is O=C(Nc1ccn(-c2ccncc2)n1)c1csc(C2CCNCC2)n1. The van der Waals surface area contributed by atoms with Crippen molar-refractivity contribution in [1.82, 2.24) is 25.1 Å². The van der Waals surface area contributed by atoms with Gasteiger partial charge in [0.05, 0.1) is 10.7 Å². The van der Waals surface area contributed by atoms with E-state index in [9.17, 15) is 4.79 Å². The second-order valence-electron chi connectivity index (χ2n) is 5.90. The van der Waals surface area contributed by atoms with Crippen molar-refractivity contribution >= 4 is 23.1 Å². The quantitative estimate of drug-likeness (QED) is 0.752. The molecule has 7 nitrogen and oxygen atoms in total. The van der Waals surface area contributed by atoms with E-state index in [-0.39, 0.29) is 5.91 Å². The average Bonchev–Trinajstić information content (AvgIpc) is 3.33. The van der Waals surface area contributed by atoms with Crippen LogP contribution in [0.2, 0.25) is 0 Å². The van der Waals surface area contributed by atoms with Gasteiger partial charge in [-0.05, 0) is 38.1 Å². The van der Waals surface area contributed by atoms with Crippen LogP contribution in [-0.2, 0) is 0 Å². The molecule has 1 saturated heterocycles. The molecule has 0 unspecified atom stereocenters. The number of piperidine rings is 1. The number of rotatable bonds is 4. The van der Waals surface area contributed by atoms with Gasteiger partial charge in [0.1, 0.15) is 5.69 Å². The van der Waals surface area contributed by atoms with E-state index in [4.69, 9.17) is 0 Å². The lowest BCUT2D eigenvalue weighted by atomic mass is 9.99. The lowest BCUT2D eigenvalue weighted by molar-refractivity contribution is 0.102. The third-order valence-electron chi connectivity index (χ3n) is 4.20. The maximum atomic E-state index is 12.4. The van der Waals surface area contributed by atoms with Crippen molar-refractivity contribution in [3.63, 3.8) is 0 Å². The van der Waals surface area contributed by atoms with Crippen LogP contribution in [0, 0.1) is 0 Å². The molecular formula is C17H18N6OS. The third-order valence-corrected chi connectivity index (χ3v) is 5.21. The smallest absolute Gasteiger partial charge is 0.276 e. The van der Waals surface area contributed by atoms with Crippen molar-refractivity contribution in [1.29, 1.82) is 0 Å². The molecule has 3 aromatic heterocycles. The van der Waals surface area contributed by atoms with Gasteiger partial charge in [0.25, 0.3) is 5.91 Å². The summed E-state index contributed by atoms with van der Waals surface area (Å²) in [6.07, 6.45) is 7.35. The second-order valence-corrected chi connectivity index (χ2v) is 6.79. The molecule has 128 valence electrons. The Labute approximate surface area is 149 Å². The number of nitrogens with one attached hydrogen (secondary N) is 2. The standard InChI is InChI=1S/C17H18N6OS/c24-16(14-11-25-17(20-14)12-1-6-18-7-2-12)21-15-5-10-23(22-15)13-3-8-19-9-4-13/h3-5,8-12,18H,1-2,6-7H2,(H,21,22,24). The Bertz CT molecular complexity index is 853. The fraction of sp³-hybridized carbons (Fsp3) is 0.294. The van der Waals surface area contributed by atoms with Crippen molar-refractivity contribution in [2.75, 3.05) is 18.4 Å². The average molecular weight is 354 g/mol. The summed E-state index contributed by atoms with van der Waals surface area (Å²) in [5.74, 6) is 0.730. The maximum Gasteiger partial charge on any atom is 0.276 e. The minimum atomic E-state index is -0.226. The molecule has 3 aromatic rings. The summed E-state index contributed by atoms with van der Waals surface area (Å²) in [5, 5.41) is 13.4. The largest absolute Gasteiger partial charge is 0.317 e. The molecule has 4 rings (SSSR count). The van der Waals surface area contributed by atoms with E-state index in [2.05, 4.69) is 25.7 Å². The van der Waals surface area contributed by atoms with Gasteiger partial charge in [-0.2, -0.15) is 5.10 Å². The Hall–Kier alpha value is -2.58. The predicted molar refractivity (Wildman–Crippen MR) is 96.3 cm³/mol. The fourth-order valence-electron chi connectivity index (χ4n) is 2.86. The molecule has 1 amide bonds. The maximum absolute atomic E-state index is 12.4. The van der Waals surface area contributed by atoms with E-state index < -0.39 is 0 Å². The molecule has 1 fully saturated rings. The zero-order valence-electron chi connectivity index (χ0n) is 13.6. The molecular weight excluding hydrogens is 336 g/mol. The molecule has 4 heterocycles. The Morgan fingerprint density at radius 2 is 2.04 bits per heavy atom. The van der Waals surface area contributed by atoms with Crippen LogP contribution in [0.15, 0.2) is 42.2 Å². The molecule has 0 atom stereocenters. The number of amides is 1. The normalized spacial score (nSPS) is 15.2. The summed E-state index contributed by atoms with van der Waals surface area (Å²) in [6, 6.07) is 5.47. The second kappa shape index (κ2) is 7.12. The van der Waals surface area contributed by atoms with E-state index in [0.717, 1.165) is 36.6 Å². The van der Waals surface area contributed by atoms with E-state index in [0.29, 0.717) is 17.4 Å². The minimum absolute atomic E-state index is 0.226. The number of hydrogen-bond acceptors (Lipinski definition) is 6. The van der Waals surface area contributed by atoms with E-state index >= 15 is 0 Å². The highest BCUT2D eigenvalue weighted by Crippen LogP contribution is 2.28. The molecule has 0 radical (unpaired) electrons. The van der Waals surface area contributed by atoms with Gasteiger partial charge < -0.3 is 10.6 Å². The summed E-state index contributed by atoms with van der Waals surface area (Å²) >= 11 is 1.56. The van der Waals surface area contributed by atoms with Crippen molar-refractivity contribution < 1.29 is 4.79 Å². The lowest BCUT2D eigenvalue weighted by Gasteiger charge is -2.20. The zero-order valence-corrected chi connectivity index (χ0v) is 14.4. The van der Waals surface area contributed by atoms with Gasteiger partial charge in [-0.3, -0.25) is 9.78 Å². The lowest BCUT2D eigenvalue weighted by Crippen LogP contribution is -2.26. The molecule has 8 heteroatoms. The molecule has 0 saturated carbocycles. The van der Waals surface area contributed by atoms with E-state index in [1.54, 1.807) is 40.7 Å². The Morgan fingerprint density at radius 3 is 2.84 bits per heavy atom. The first-order chi connectivity index (χ1) is 12.3. The predicted octanol–water partition coefficient (Wildman–Crippen LogP) is 2.44. The summed E-state index contributed by atoms with van der Waals surface area (Å²) in [4.78, 5) is 20.9. The minimum Gasteiger partial charge on any atom is -0.317 e. The van der Waals surface area contributed by atoms with Gasteiger partial charge in [0, 0.05) is 36.0 Å². The van der Waals surface area contributed by atoms with Gasteiger partial charge in [-0.15, -0.1) is 11.3 Å². The first-order valence-electron chi connectivity index (χ1n) is 8.23. The molecule has 0 aliphatic carbocycles. The Balaban J connectivity index is 1.44. The monoisotopic (exact) mass is 354 g/mol. The Kier molecular flexibility index (Phi) is 4.53. The first-order valence-corrected chi connectivity index (χ1v) is 9.11. The number of aromatic nitrogens is 4. The zero-order chi connectivity index (χ0) is 17.1. The number of anilines is 1. The highest BCUT2D eigenvalue weighted by molar-refractivity contribution is 7.09.